The number of hydrogen-bond donors (Lipinski definition) is 1. The highest BCUT2D eigenvalue weighted by Gasteiger charge is 2.53. The minimum absolute atomic E-state index is 0.0772. The molecule has 2 aromatic heterocycles. The van der Waals surface area contributed by atoms with Gasteiger partial charge < -0.3 is 19.7 Å². The van der Waals surface area contributed by atoms with Crippen LogP contribution < -0.4 is 19.9 Å². The van der Waals surface area contributed by atoms with Crippen LogP contribution in [0.5, 0.6) is 5.88 Å². The van der Waals surface area contributed by atoms with E-state index in [0.717, 1.165) is 17.7 Å². The van der Waals surface area contributed by atoms with Crippen molar-refractivity contribution in [2.75, 3.05) is 42.6 Å². The van der Waals surface area contributed by atoms with E-state index in [1.165, 1.54) is 6.07 Å². The van der Waals surface area contributed by atoms with E-state index in [2.05, 4.69) is 10.3 Å². The number of alkyl halides is 3. The van der Waals surface area contributed by atoms with Gasteiger partial charge in [0.2, 0.25) is 11.8 Å². The van der Waals surface area contributed by atoms with Gasteiger partial charge in [-0.25, -0.2) is 14.8 Å². The van der Waals surface area contributed by atoms with E-state index in [9.17, 15) is 28.0 Å². The van der Waals surface area contributed by atoms with Crippen LogP contribution in [0.15, 0.2) is 48.7 Å². The first kappa shape index (κ1) is 32.5. The number of alkyl carbamates (subject to hydrolysis) is 1. The number of nitriles is 1. The van der Waals surface area contributed by atoms with Crippen LogP contribution in [0.1, 0.15) is 57.2 Å². The van der Waals surface area contributed by atoms with Crippen molar-refractivity contribution in [1.29, 1.82) is 5.26 Å². The van der Waals surface area contributed by atoms with Crippen LogP contribution in [-0.2, 0) is 21.1 Å². The SMILES string of the molecule is CCOc1ncccc1-c1ccc2c(n1)N(CCNC(=O)OC(C)(C)C)C(=O)C21CCN(c2ccc(C(F)(F)F)cc2C#N)CC1. The smallest absolute Gasteiger partial charge is 0.416 e. The van der Waals surface area contributed by atoms with E-state index >= 15 is 0 Å². The Morgan fingerprint density at radius 2 is 1.87 bits per heavy atom. The molecule has 1 spiro atoms. The van der Waals surface area contributed by atoms with Crippen molar-refractivity contribution in [3.63, 3.8) is 0 Å². The van der Waals surface area contributed by atoms with Crippen molar-refractivity contribution in [2.45, 2.75) is 57.7 Å². The standard InChI is InChI=1S/C33H35F3N6O4/c1-5-45-28-23(7-6-14-38-28)25-10-9-24-27(40-25)42(18-15-39-30(44)46-31(2,3)4)29(43)32(24)12-16-41(17-13-32)26-11-8-22(33(34,35)36)19-21(26)20-37/h6-11,14,19H,5,12-13,15-18H2,1-4H3,(H,39,44). The van der Waals surface area contributed by atoms with E-state index in [4.69, 9.17) is 14.5 Å². The zero-order valence-corrected chi connectivity index (χ0v) is 26.1. The Kier molecular flexibility index (Phi) is 8.84. The molecule has 0 saturated carbocycles. The first-order valence-corrected chi connectivity index (χ1v) is 15.0. The molecule has 13 heteroatoms. The molecule has 1 N–H and O–H groups in total. The number of amides is 2. The van der Waals surface area contributed by atoms with E-state index in [1.807, 2.05) is 36.1 Å². The van der Waals surface area contributed by atoms with Crippen molar-refractivity contribution in [3.8, 4) is 23.2 Å². The van der Waals surface area contributed by atoms with Gasteiger partial charge in [-0.05, 0) is 76.9 Å². The minimum Gasteiger partial charge on any atom is -0.477 e. The third-order valence-electron chi connectivity index (χ3n) is 8.03. The summed E-state index contributed by atoms with van der Waals surface area (Å²) in [5, 5.41) is 12.3. The fourth-order valence-electron chi connectivity index (χ4n) is 5.97. The van der Waals surface area contributed by atoms with Crippen molar-refractivity contribution in [2.24, 2.45) is 0 Å². The first-order valence-electron chi connectivity index (χ1n) is 15.0. The Labute approximate surface area is 265 Å². The zero-order valence-electron chi connectivity index (χ0n) is 26.1. The lowest BCUT2D eigenvalue weighted by Crippen LogP contribution is -2.50. The Bertz CT molecular complexity index is 1670. The predicted octanol–water partition coefficient (Wildman–Crippen LogP) is 5.84. The van der Waals surface area contributed by atoms with Crippen molar-refractivity contribution < 1.29 is 32.2 Å². The number of carbonyl (C=O) groups is 2. The maximum Gasteiger partial charge on any atom is 0.416 e. The number of piperidine rings is 1. The summed E-state index contributed by atoms with van der Waals surface area (Å²) in [6, 6.07) is 12.4. The maximum absolute atomic E-state index is 14.3. The number of pyridine rings is 2. The van der Waals surface area contributed by atoms with Crippen LogP contribution in [0.3, 0.4) is 0 Å². The van der Waals surface area contributed by atoms with Crippen LogP contribution in [0, 0.1) is 11.3 Å². The number of anilines is 2. The second kappa shape index (κ2) is 12.5. The molecule has 242 valence electrons. The Hall–Kier alpha value is -4.86. The van der Waals surface area contributed by atoms with Gasteiger partial charge in [0, 0.05) is 37.9 Å². The van der Waals surface area contributed by atoms with Crippen molar-refractivity contribution in [3.05, 3.63) is 65.4 Å². The van der Waals surface area contributed by atoms with Gasteiger partial charge in [0.15, 0.2) is 0 Å². The molecule has 5 rings (SSSR count). The second-order valence-corrected chi connectivity index (χ2v) is 12.2. The lowest BCUT2D eigenvalue weighted by Gasteiger charge is -2.39. The molecule has 0 radical (unpaired) electrons. The van der Waals surface area contributed by atoms with Gasteiger partial charge in [-0.3, -0.25) is 9.69 Å². The van der Waals surface area contributed by atoms with Crippen molar-refractivity contribution in [1.82, 2.24) is 15.3 Å². The fourth-order valence-corrected chi connectivity index (χ4v) is 5.97. The molecule has 46 heavy (non-hydrogen) atoms. The van der Waals surface area contributed by atoms with E-state index in [0.29, 0.717) is 61.2 Å². The van der Waals surface area contributed by atoms with Gasteiger partial charge in [0.05, 0.1) is 40.1 Å². The van der Waals surface area contributed by atoms with Crippen LogP contribution in [0.25, 0.3) is 11.3 Å². The van der Waals surface area contributed by atoms with Crippen molar-refractivity contribution >= 4 is 23.5 Å². The quantitative estimate of drug-likeness (QED) is 0.343. The summed E-state index contributed by atoms with van der Waals surface area (Å²) in [5.41, 5.74) is -0.253. The third-order valence-corrected chi connectivity index (χ3v) is 8.03. The predicted molar refractivity (Wildman–Crippen MR) is 165 cm³/mol. The summed E-state index contributed by atoms with van der Waals surface area (Å²) in [6.45, 7) is 8.43. The minimum atomic E-state index is -4.57. The maximum atomic E-state index is 14.3. The van der Waals surface area contributed by atoms with Gasteiger partial charge >= 0.3 is 12.3 Å². The number of ether oxygens (including phenoxy) is 2. The Balaban J connectivity index is 1.45. The number of benzene rings is 1. The molecule has 0 atom stereocenters. The molecule has 2 amide bonds. The number of nitrogens with one attached hydrogen (secondary N) is 1. The topological polar surface area (TPSA) is 121 Å². The molecule has 2 aliphatic heterocycles. The van der Waals surface area contributed by atoms with Gasteiger partial charge in [0.25, 0.3) is 0 Å². The molecular weight excluding hydrogens is 601 g/mol. The average Bonchev–Trinajstić information content (AvgIpc) is 3.22. The molecule has 3 aromatic rings. The normalized spacial score (nSPS) is 15.8. The summed E-state index contributed by atoms with van der Waals surface area (Å²) in [6.07, 6.45) is -2.86. The fraction of sp³-hybridized carbons (Fsp3) is 0.424. The molecule has 0 unspecified atom stereocenters. The van der Waals surface area contributed by atoms with Gasteiger partial charge in [-0.15, -0.1) is 0 Å². The highest BCUT2D eigenvalue weighted by Crippen LogP contribution is 2.49. The molecule has 0 bridgehead atoms. The lowest BCUT2D eigenvalue weighted by atomic mass is 9.74. The Morgan fingerprint density at radius 1 is 1.13 bits per heavy atom. The number of nitrogens with zero attached hydrogens (tertiary/aromatic N) is 5. The van der Waals surface area contributed by atoms with Crippen LogP contribution in [-0.4, -0.2) is 60.4 Å². The molecule has 2 aliphatic rings. The second-order valence-electron chi connectivity index (χ2n) is 12.2. The zero-order chi connectivity index (χ0) is 33.3. The van der Waals surface area contributed by atoms with Gasteiger partial charge in [-0.2, -0.15) is 18.4 Å². The largest absolute Gasteiger partial charge is 0.477 e. The molecule has 1 fully saturated rings. The lowest BCUT2D eigenvalue weighted by molar-refractivity contribution is -0.137. The van der Waals surface area contributed by atoms with E-state index in [1.54, 1.807) is 37.9 Å². The summed E-state index contributed by atoms with van der Waals surface area (Å²) >= 11 is 0. The summed E-state index contributed by atoms with van der Waals surface area (Å²) in [5.74, 6) is 0.690. The van der Waals surface area contributed by atoms with E-state index < -0.39 is 28.8 Å². The van der Waals surface area contributed by atoms with Crippen LogP contribution in [0.4, 0.5) is 29.5 Å². The molecule has 0 aliphatic carbocycles. The molecule has 4 heterocycles. The Morgan fingerprint density at radius 3 is 2.52 bits per heavy atom. The average molecular weight is 637 g/mol. The molecular formula is C33H35F3N6O4. The monoisotopic (exact) mass is 636 g/mol. The van der Waals surface area contributed by atoms with Gasteiger partial charge in [0.1, 0.15) is 17.5 Å². The first-order chi connectivity index (χ1) is 21.8. The number of carbonyl (C=O) groups excluding carboxylic acids is 2. The van der Waals surface area contributed by atoms with Gasteiger partial charge in [-0.1, -0.05) is 6.07 Å². The highest BCUT2D eigenvalue weighted by molar-refractivity contribution is 6.07. The van der Waals surface area contributed by atoms with Crippen LogP contribution >= 0.6 is 0 Å². The number of aromatic nitrogens is 2. The number of fused-ring (bicyclic) bond motifs is 2. The summed E-state index contributed by atoms with van der Waals surface area (Å²) in [4.78, 5) is 39.3. The van der Waals surface area contributed by atoms with Crippen LogP contribution in [0.2, 0.25) is 0 Å². The highest BCUT2D eigenvalue weighted by atomic mass is 19.4. The number of rotatable bonds is 7. The van der Waals surface area contributed by atoms with E-state index in [-0.39, 0.29) is 24.6 Å². The number of halogens is 3. The third kappa shape index (κ3) is 6.42. The molecule has 1 aromatic carbocycles. The summed E-state index contributed by atoms with van der Waals surface area (Å²) in [7, 11) is 0. The summed E-state index contributed by atoms with van der Waals surface area (Å²) < 4.78 is 50.9. The molecule has 1 saturated heterocycles. The number of hydrogen-bond acceptors (Lipinski definition) is 8. The molecule has 10 nitrogen and oxygen atoms in total.